The number of amides is 1. The highest BCUT2D eigenvalue weighted by molar-refractivity contribution is 7.99. The zero-order valence-electron chi connectivity index (χ0n) is 22.0. The molecule has 4 aromatic rings. The van der Waals surface area contributed by atoms with Crippen LogP contribution in [0, 0.1) is 0 Å². The molecule has 0 aromatic heterocycles. The number of alkyl carbamates (subject to hydrolysis) is 1. The Hall–Kier alpha value is -3.49. The fraction of sp³-hybridized carbons (Fsp3) is 0.219. The standard InChI is InChI=1S/C32H32ClNO5S/c33-30-19-29(40-28-13-7-12-27(18-28)38-20-24-8-3-1-4-9-24)15-14-26(30)16-17-32(22-35,23-36)34-31(37)39-21-25-10-5-2-6-11-25/h1-15,18-19,35-36H,16-17,20-23H2,(H,34,37). The van der Waals surface area contributed by atoms with Crippen LogP contribution in [-0.2, 0) is 24.4 Å². The number of benzene rings is 4. The summed E-state index contributed by atoms with van der Waals surface area (Å²) >= 11 is 8.18. The second-order valence-electron chi connectivity index (χ2n) is 9.39. The van der Waals surface area contributed by atoms with E-state index < -0.39 is 24.8 Å². The van der Waals surface area contributed by atoms with Crippen molar-refractivity contribution in [3.05, 3.63) is 125 Å². The molecule has 0 saturated heterocycles. The first-order chi connectivity index (χ1) is 19.5. The molecular formula is C32H32ClNO5S. The lowest BCUT2D eigenvalue weighted by Crippen LogP contribution is -2.54. The molecule has 0 aliphatic carbocycles. The third-order valence-electron chi connectivity index (χ3n) is 6.37. The predicted octanol–water partition coefficient (Wildman–Crippen LogP) is 6.65. The number of rotatable bonds is 13. The Balaban J connectivity index is 1.32. The van der Waals surface area contributed by atoms with Crippen LogP contribution in [-0.4, -0.2) is 35.1 Å². The minimum absolute atomic E-state index is 0.0899. The molecule has 40 heavy (non-hydrogen) atoms. The summed E-state index contributed by atoms with van der Waals surface area (Å²) in [5.74, 6) is 0.788. The normalized spacial score (nSPS) is 11.2. The summed E-state index contributed by atoms with van der Waals surface area (Å²) in [6.45, 7) is -0.304. The number of carbonyl (C=O) groups excluding carboxylic acids is 1. The molecule has 8 heteroatoms. The van der Waals surface area contributed by atoms with E-state index in [4.69, 9.17) is 21.1 Å². The van der Waals surface area contributed by atoms with Crippen molar-refractivity contribution in [1.29, 1.82) is 0 Å². The highest BCUT2D eigenvalue weighted by Gasteiger charge is 2.31. The Bertz CT molecular complexity index is 1370. The van der Waals surface area contributed by atoms with Crippen molar-refractivity contribution in [2.45, 2.75) is 41.4 Å². The van der Waals surface area contributed by atoms with Crippen molar-refractivity contribution in [2.24, 2.45) is 0 Å². The fourth-order valence-electron chi connectivity index (χ4n) is 4.00. The summed E-state index contributed by atoms with van der Waals surface area (Å²) in [4.78, 5) is 14.4. The molecule has 0 fully saturated rings. The van der Waals surface area contributed by atoms with Crippen LogP contribution in [0.4, 0.5) is 4.79 Å². The molecule has 0 radical (unpaired) electrons. The second kappa shape index (κ2) is 14.8. The molecule has 0 bridgehead atoms. The summed E-state index contributed by atoms with van der Waals surface area (Å²) in [7, 11) is 0. The van der Waals surface area contributed by atoms with Gasteiger partial charge in [-0.05, 0) is 59.9 Å². The zero-order valence-corrected chi connectivity index (χ0v) is 23.5. The van der Waals surface area contributed by atoms with Gasteiger partial charge in [0.1, 0.15) is 19.0 Å². The van der Waals surface area contributed by atoms with Gasteiger partial charge in [0.05, 0.1) is 18.8 Å². The molecule has 4 rings (SSSR count). The summed E-state index contributed by atoms with van der Waals surface area (Å²) in [5.41, 5.74) is 1.54. The Morgan fingerprint density at radius 2 is 1.45 bits per heavy atom. The first-order valence-corrected chi connectivity index (χ1v) is 14.1. The number of aliphatic hydroxyl groups is 2. The Morgan fingerprint density at radius 1 is 0.800 bits per heavy atom. The molecule has 4 aromatic carbocycles. The van der Waals surface area contributed by atoms with Crippen molar-refractivity contribution in [3.63, 3.8) is 0 Å². The van der Waals surface area contributed by atoms with Gasteiger partial charge in [0, 0.05) is 14.8 Å². The predicted molar refractivity (Wildman–Crippen MR) is 158 cm³/mol. The van der Waals surface area contributed by atoms with Crippen LogP contribution in [0.2, 0.25) is 5.02 Å². The fourth-order valence-corrected chi connectivity index (χ4v) is 5.24. The summed E-state index contributed by atoms with van der Waals surface area (Å²) in [6.07, 6.45) is -0.0000867. The Morgan fingerprint density at radius 3 is 2.10 bits per heavy atom. The number of ether oxygens (including phenoxy) is 2. The van der Waals surface area contributed by atoms with Crippen molar-refractivity contribution in [3.8, 4) is 5.75 Å². The first-order valence-electron chi connectivity index (χ1n) is 12.9. The van der Waals surface area contributed by atoms with E-state index in [1.54, 1.807) is 11.8 Å². The molecule has 0 spiro atoms. The van der Waals surface area contributed by atoms with Gasteiger partial charge in [0.25, 0.3) is 0 Å². The molecular weight excluding hydrogens is 546 g/mol. The molecule has 0 heterocycles. The van der Waals surface area contributed by atoms with Crippen LogP contribution in [0.15, 0.2) is 113 Å². The number of aliphatic hydroxyl groups excluding tert-OH is 2. The van der Waals surface area contributed by atoms with Gasteiger partial charge in [-0.3, -0.25) is 0 Å². The molecule has 0 unspecified atom stereocenters. The number of nitrogens with one attached hydrogen (secondary N) is 1. The van der Waals surface area contributed by atoms with Gasteiger partial charge >= 0.3 is 6.09 Å². The first kappa shape index (κ1) is 29.5. The van der Waals surface area contributed by atoms with Gasteiger partial charge in [-0.15, -0.1) is 0 Å². The highest BCUT2D eigenvalue weighted by atomic mass is 35.5. The number of aryl methyl sites for hydroxylation is 1. The van der Waals surface area contributed by atoms with Crippen LogP contribution in [0.1, 0.15) is 23.1 Å². The Labute approximate surface area is 243 Å². The van der Waals surface area contributed by atoms with Crippen LogP contribution < -0.4 is 10.1 Å². The van der Waals surface area contributed by atoms with E-state index in [1.165, 1.54) is 0 Å². The van der Waals surface area contributed by atoms with Gasteiger partial charge in [-0.25, -0.2) is 4.79 Å². The molecule has 208 valence electrons. The quantitative estimate of drug-likeness (QED) is 0.165. The largest absolute Gasteiger partial charge is 0.489 e. The number of halogens is 1. The van der Waals surface area contributed by atoms with Gasteiger partial charge in [0.15, 0.2) is 0 Å². The van der Waals surface area contributed by atoms with Gasteiger partial charge < -0.3 is 25.0 Å². The molecule has 3 N–H and O–H groups in total. The van der Waals surface area contributed by atoms with Crippen LogP contribution >= 0.6 is 23.4 Å². The molecule has 0 aliphatic rings. The molecule has 0 atom stereocenters. The lowest BCUT2D eigenvalue weighted by atomic mass is 9.93. The smallest absolute Gasteiger partial charge is 0.408 e. The average Bonchev–Trinajstić information content (AvgIpc) is 2.99. The summed E-state index contributed by atoms with van der Waals surface area (Å²) < 4.78 is 11.2. The van der Waals surface area contributed by atoms with E-state index in [0.29, 0.717) is 18.1 Å². The van der Waals surface area contributed by atoms with E-state index in [1.807, 2.05) is 103 Å². The van der Waals surface area contributed by atoms with Crippen molar-refractivity contribution < 1.29 is 24.5 Å². The van der Waals surface area contributed by atoms with Crippen molar-refractivity contribution in [2.75, 3.05) is 13.2 Å². The average molecular weight is 578 g/mol. The lowest BCUT2D eigenvalue weighted by molar-refractivity contribution is 0.0677. The monoisotopic (exact) mass is 577 g/mol. The van der Waals surface area contributed by atoms with Crippen molar-refractivity contribution in [1.82, 2.24) is 5.32 Å². The minimum Gasteiger partial charge on any atom is -0.489 e. The van der Waals surface area contributed by atoms with Crippen LogP contribution in [0.5, 0.6) is 5.75 Å². The minimum atomic E-state index is -1.25. The summed E-state index contributed by atoms with van der Waals surface area (Å²) in [5, 5.41) is 23.2. The van der Waals surface area contributed by atoms with E-state index in [0.717, 1.165) is 32.2 Å². The van der Waals surface area contributed by atoms with E-state index >= 15 is 0 Å². The van der Waals surface area contributed by atoms with E-state index in [2.05, 4.69) is 5.32 Å². The maximum absolute atomic E-state index is 12.4. The van der Waals surface area contributed by atoms with Gasteiger partial charge in [-0.1, -0.05) is 96.2 Å². The lowest BCUT2D eigenvalue weighted by Gasteiger charge is -2.30. The maximum atomic E-state index is 12.4. The third-order valence-corrected chi connectivity index (χ3v) is 7.70. The Kier molecular flexibility index (Phi) is 10.9. The highest BCUT2D eigenvalue weighted by Crippen LogP contribution is 2.33. The number of hydrogen-bond donors (Lipinski definition) is 3. The zero-order chi connectivity index (χ0) is 28.2. The number of hydrogen-bond acceptors (Lipinski definition) is 6. The summed E-state index contributed by atoms with van der Waals surface area (Å²) in [6, 6.07) is 33.0. The molecule has 0 saturated carbocycles. The van der Waals surface area contributed by atoms with Crippen molar-refractivity contribution >= 4 is 29.5 Å². The SMILES string of the molecule is O=C(NC(CO)(CO)CCc1ccc(Sc2cccc(OCc3ccccc3)c2)cc1Cl)OCc1ccccc1. The van der Waals surface area contributed by atoms with E-state index in [9.17, 15) is 15.0 Å². The third kappa shape index (κ3) is 8.76. The maximum Gasteiger partial charge on any atom is 0.408 e. The van der Waals surface area contributed by atoms with E-state index in [-0.39, 0.29) is 13.0 Å². The molecule has 1 amide bonds. The number of carbonyl (C=O) groups is 1. The topological polar surface area (TPSA) is 88.0 Å². The van der Waals surface area contributed by atoms with Crippen LogP contribution in [0.3, 0.4) is 0 Å². The molecule has 6 nitrogen and oxygen atoms in total. The molecule has 0 aliphatic heterocycles. The van der Waals surface area contributed by atoms with Gasteiger partial charge in [0.2, 0.25) is 0 Å². The van der Waals surface area contributed by atoms with Crippen LogP contribution in [0.25, 0.3) is 0 Å². The van der Waals surface area contributed by atoms with Gasteiger partial charge in [-0.2, -0.15) is 0 Å². The second-order valence-corrected chi connectivity index (χ2v) is 10.9.